The molecule has 0 spiro atoms. The Kier molecular flexibility index (Phi) is 4.62. The lowest BCUT2D eigenvalue weighted by molar-refractivity contribution is -0.186. The molecule has 0 aromatic rings. The predicted octanol–water partition coefficient (Wildman–Crippen LogP) is 2.47. The molecule has 96 valence electrons. The van der Waals surface area contributed by atoms with Crippen LogP contribution in [0.4, 0.5) is 13.2 Å². The summed E-state index contributed by atoms with van der Waals surface area (Å²) >= 11 is 0. The number of alkyl halides is 3. The quantitative estimate of drug-likeness (QED) is 0.790. The van der Waals surface area contributed by atoms with E-state index in [1.807, 2.05) is 6.92 Å². The second-order valence-corrected chi connectivity index (χ2v) is 4.68. The normalized spacial score (nSPS) is 31.7. The number of hydrogen-bond acceptors (Lipinski definition) is 2. The molecule has 2 nitrogen and oxygen atoms in total. The van der Waals surface area contributed by atoms with Gasteiger partial charge in [-0.15, -0.1) is 0 Å². The van der Waals surface area contributed by atoms with Gasteiger partial charge >= 0.3 is 6.18 Å². The third-order valence-corrected chi connectivity index (χ3v) is 3.46. The standard InChI is InChI=1S/C11H20F3NO/c1-2-7-15-10(8-16)5-3-9(4-6-10)11(12,13)14/h9,15-16H,2-8H2,1H3. The van der Waals surface area contributed by atoms with Gasteiger partial charge in [-0.25, -0.2) is 0 Å². The van der Waals surface area contributed by atoms with Gasteiger partial charge in [-0.3, -0.25) is 0 Å². The first-order valence-electron chi connectivity index (χ1n) is 5.86. The van der Waals surface area contributed by atoms with E-state index in [-0.39, 0.29) is 19.4 Å². The van der Waals surface area contributed by atoms with Gasteiger partial charge in [0.25, 0.3) is 0 Å². The van der Waals surface area contributed by atoms with Gasteiger partial charge in [0.1, 0.15) is 0 Å². The van der Waals surface area contributed by atoms with E-state index in [1.165, 1.54) is 0 Å². The van der Waals surface area contributed by atoms with Crippen molar-refractivity contribution < 1.29 is 18.3 Å². The highest BCUT2D eigenvalue weighted by Crippen LogP contribution is 2.40. The fraction of sp³-hybridized carbons (Fsp3) is 1.00. The molecule has 1 aliphatic rings. The van der Waals surface area contributed by atoms with E-state index in [2.05, 4.69) is 5.32 Å². The van der Waals surface area contributed by atoms with Crippen molar-refractivity contribution in [3.63, 3.8) is 0 Å². The highest BCUT2D eigenvalue weighted by molar-refractivity contribution is 4.93. The van der Waals surface area contributed by atoms with Crippen LogP contribution in [0.15, 0.2) is 0 Å². The average molecular weight is 239 g/mol. The van der Waals surface area contributed by atoms with Crippen molar-refractivity contribution >= 4 is 0 Å². The van der Waals surface area contributed by atoms with Crippen molar-refractivity contribution in [2.75, 3.05) is 13.2 Å². The van der Waals surface area contributed by atoms with Crippen molar-refractivity contribution in [2.45, 2.75) is 50.7 Å². The number of nitrogens with one attached hydrogen (secondary N) is 1. The van der Waals surface area contributed by atoms with Gasteiger partial charge in [0.15, 0.2) is 0 Å². The molecule has 16 heavy (non-hydrogen) atoms. The summed E-state index contributed by atoms with van der Waals surface area (Å²) < 4.78 is 37.4. The van der Waals surface area contributed by atoms with Gasteiger partial charge in [-0.05, 0) is 38.6 Å². The number of aliphatic hydroxyl groups excluding tert-OH is 1. The van der Waals surface area contributed by atoms with E-state index in [4.69, 9.17) is 0 Å². The number of halogens is 3. The Hall–Kier alpha value is -0.290. The fourth-order valence-electron chi connectivity index (χ4n) is 2.28. The first kappa shape index (κ1) is 13.8. The molecule has 5 heteroatoms. The van der Waals surface area contributed by atoms with Gasteiger partial charge in [0.05, 0.1) is 12.5 Å². The van der Waals surface area contributed by atoms with Crippen LogP contribution in [-0.2, 0) is 0 Å². The van der Waals surface area contributed by atoms with Gasteiger partial charge in [0, 0.05) is 5.54 Å². The van der Waals surface area contributed by atoms with Crippen LogP contribution < -0.4 is 5.32 Å². The summed E-state index contributed by atoms with van der Waals surface area (Å²) in [6.45, 7) is 2.67. The van der Waals surface area contributed by atoms with E-state index in [0.29, 0.717) is 12.8 Å². The second kappa shape index (κ2) is 5.36. The zero-order chi connectivity index (χ0) is 12.2. The summed E-state index contributed by atoms with van der Waals surface area (Å²) in [7, 11) is 0. The summed E-state index contributed by atoms with van der Waals surface area (Å²) in [6, 6.07) is 0. The predicted molar refractivity (Wildman–Crippen MR) is 56.1 cm³/mol. The molecule has 0 radical (unpaired) electrons. The number of hydrogen-bond donors (Lipinski definition) is 2. The van der Waals surface area contributed by atoms with Crippen LogP contribution in [0.1, 0.15) is 39.0 Å². The van der Waals surface area contributed by atoms with E-state index in [9.17, 15) is 18.3 Å². The molecule has 0 aromatic carbocycles. The number of rotatable bonds is 4. The maximum absolute atomic E-state index is 12.5. The SMILES string of the molecule is CCCNC1(CO)CCC(C(F)(F)F)CC1. The highest BCUT2D eigenvalue weighted by Gasteiger charge is 2.45. The Bertz CT molecular complexity index is 210. The van der Waals surface area contributed by atoms with E-state index < -0.39 is 17.6 Å². The molecular formula is C11H20F3NO. The molecule has 0 unspecified atom stereocenters. The van der Waals surface area contributed by atoms with Crippen LogP contribution in [0.2, 0.25) is 0 Å². The van der Waals surface area contributed by atoms with Crippen molar-refractivity contribution in [3.05, 3.63) is 0 Å². The van der Waals surface area contributed by atoms with Crippen molar-refractivity contribution in [1.29, 1.82) is 0 Å². The smallest absolute Gasteiger partial charge is 0.391 e. The largest absolute Gasteiger partial charge is 0.394 e. The van der Waals surface area contributed by atoms with Crippen LogP contribution >= 0.6 is 0 Å². The van der Waals surface area contributed by atoms with E-state index in [1.54, 1.807) is 0 Å². The van der Waals surface area contributed by atoms with E-state index >= 15 is 0 Å². The maximum Gasteiger partial charge on any atom is 0.391 e. The monoisotopic (exact) mass is 239 g/mol. The Morgan fingerprint density at radius 3 is 2.25 bits per heavy atom. The minimum absolute atomic E-state index is 0.0718. The van der Waals surface area contributed by atoms with Crippen molar-refractivity contribution in [1.82, 2.24) is 5.32 Å². The molecule has 0 amide bonds. The zero-order valence-electron chi connectivity index (χ0n) is 9.61. The summed E-state index contributed by atoms with van der Waals surface area (Å²) in [5, 5.41) is 12.5. The Labute approximate surface area is 94.2 Å². The van der Waals surface area contributed by atoms with Gasteiger partial charge in [-0.1, -0.05) is 6.92 Å². The topological polar surface area (TPSA) is 32.3 Å². The Balaban J connectivity index is 2.50. The summed E-state index contributed by atoms with van der Waals surface area (Å²) in [5.74, 6) is -1.18. The van der Waals surface area contributed by atoms with Crippen LogP contribution in [0, 0.1) is 5.92 Å². The third kappa shape index (κ3) is 3.35. The Morgan fingerprint density at radius 2 is 1.88 bits per heavy atom. The van der Waals surface area contributed by atoms with Crippen LogP contribution in [0.5, 0.6) is 0 Å². The van der Waals surface area contributed by atoms with Crippen LogP contribution in [0.25, 0.3) is 0 Å². The molecule has 1 aliphatic carbocycles. The summed E-state index contributed by atoms with van der Waals surface area (Å²) in [4.78, 5) is 0. The first-order valence-corrected chi connectivity index (χ1v) is 5.86. The van der Waals surface area contributed by atoms with Gasteiger partial charge in [0.2, 0.25) is 0 Å². The molecule has 1 rings (SSSR count). The van der Waals surface area contributed by atoms with Crippen LogP contribution in [-0.4, -0.2) is 30.0 Å². The molecule has 0 aliphatic heterocycles. The first-order chi connectivity index (χ1) is 7.43. The average Bonchev–Trinajstić information content (AvgIpc) is 2.26. The van der Waals surface area contributed by atoms with E-state index in [0.717, 1.165) is 13.0 Å². The summed E-state index contributed by atoms with van der Waals surface area (Å²) in [6.07, 6.45) is -2.08. The van der Waals surface area contributed by atoms with Gasteiger partial charge in [-0.2, -0.15) is 13.2 Å². The lowest BCUT2D eigenvalue weighted by Crippen LogP contribution is -2.52. The fourth-order valence-corrected chi connectivity index (χ4v) is 2.28. The molecule has 0 saturated heterocycles. The third-order valence-electron chi connectivity index (χ3n) is 3.46. The molecule has 2 N–H and O–H groups in total. The lowest BCUT2D eigenvalue weighted by atomic mass is 9.76. The van der Waals surface area contributed by atoms with Crippen LogP contribution in [0.3, 0.4) is 0 Å². The molecule has 0 atom stereocenters. The van der Waals surface area contributed by atoms with Gasteiger partial charge < -0.3 is 10.4 Å². The molecule has 1 fully saturated rings. The van der Waals surface area contributed by atoms with Crippen molar-refractivity contribution in [3.8, 4) is 0 Å². The Morgan fingerprint density at radius 1 is 1.31 bits per heavy atom. The molecule has 0 bridgehead atoms. The zero-order valence-corrected chi connectivity index (χ0v) is 9.61. The second-order valence-electron chi connectivity index (χ2n) is 4.68. The molecule has 0 heterocycles. The minimum atomic E-state index is -4.08. The molecular weight excluding hydrogens is 219 g/mol. The molecule has 0 aromatic heterocycles. The minimum Gasteiger partial charge on any atom is -0.394 e. The summed E-state index contributed by atoms with van der Waals surface area (Å²) in [5.41, 5.74) is -0.474. The number of aliphatic hydroxyl groups is 1. The maximum atomic E-state index is 12.5. The molecule has 1 saturated carbocycles. The highest BCUT2D eigenvalue weighted by atomic mass is 19.4. The lowest BCUT2D eigenvalue weighted by Gasteiger charge is -2.40. The van der Waals surface area contributed by atoms with Crippen molar-refractivity contribution in [2.24, 2.45) is 5.92 Å².